The van der Waals surface area contributed by atoms with E-state index in [9.17, 15) is 4.79 Å². The van der Waals surface area contributed by atoms with Crippen LogP contribution in [0.5, 0.6) is 0 Å². The Morgan fingerprint density at radius 3 is 2.83 bits per heavy atom. The van der Waals surface area contributed by atoms with Crippen LogP contribution in [0.2, 0.25) is 0 Å². The topological polar surface area (TPSA) is 46.5 Å². The molecular formula is C15H16O3. The fourth-order valence-corrected chi connectivity index (χ4v) is 2.02. The fourth-order valence-electron chi connectivity index (χ4n) is 2.02. The Hall–Kier alpha value is -1.87. The van der Waals surface area contributed by atoms with E-state index in [1.54, 1.807) is 6.08 Å². The highest BCUT2D eigenvalue weighted by Gasteiger charge is 2.18. The maximum absolute atomic E-state index is 11.8. The first-order valence-electron chi connectivity index (χ1n) is 6.02. The first-order valence-corrected chi connectivity index (χ1v) is 6.02. The molecule has 0 unspecified atom stereocenters. The van der Waals surface area contributed by atoms with E-state index in [4.69, 9.17) is 9.84 Å². The van der Waals surface area contributed by atoms with Gasteiger partial charge < -0.3 is 9.84 Å². The third-order valence-electron chi connectivity index (χ3n) is 2.91. The fraction of sp³-hybridized carbons (Fsp3) is 0.267. The molecule has 0 amide bonds. The number of aliphatic hydroxyl groups excluding tert-OH is 1. The average Bonchev–Trinajstić information content (AvgIpc) is 2.58. The Balaban J connectivity index is 2.44. The van der Waals surface area contributed by atoms with Crippen molar-refractivity contribution in [2.24, 2.45) is 0 Å². The van der Waals surface area contributed by atoms with Crippen LogP contribution >= 0.6 is 0 Å². The molecule has 0 fully saturated rings. The van der Waals surface area contributed by atoms with E-state index >= 15 is 0 Å². The van der Waals surface area contributed by atoms with E-state index in [0.717, 1.165) is 11.1 Å². The first kappa shape index (κ1) is 12.6. The molecule has 1 aliphatic rings. The van der Waals surface area contributed by atoms with Crippen molar-refractivity contribution < 1.29 is 14.6 Å². The number of aliphatic hydroxyl groups is 1. The lowest BCUT2D eigenvalue weighted by atomic mass is 9.99. The molecule has 0 saturated heterocycles. The summed E-state index contributed by atoms with van der Waals surface area (Å²) in [5.74, 6) is 0.285. The summed E-state index contributed by atoms with van der Waals surface area (Å²) in [6, 6.07) is 7.89. The van der Waals surface area contributed by atoms with Crippen molar-refractivity contribution in [3.63, 3.8) is 0 Å². The first-order chi connectivity index (χ1) is 8.76. The number of allylic oxidation sites excluding steroid dienone is 1. The SMILES string of the molecule is CCOC1=C(C(=O)CO)Cc2ccccc2C=C1. The zero-order chi connectivity index (χ0) is 13.0. The number of hydrogen-bond donors (Lipinski definition) is 1. The third kappa shape index (κ3) is 2.51. The van der Waals surface area contributed by atoms with Gasteiger partial charge in [-0.2, -0.15) is 0 Å². The number of rotatable bonds is 4. The maximum Gasteiger partial charge on any atom is 0.188 e. The molecule has 0 spiro atoms. The summed E-state index contributed by atoms with van der Waals surface area (Å²) in [5.41, 5.74) is 2.69. The van der Waals surface area contributed by atoms with Crippen LogP contribution in [-0.2, 0) is 16.0 Å². The average molecular weight is 244 g/mol. The van der Waals surface area contributed by atoms with E-state index < -0.39 is 6.61 Å². The van der Waals surface area contributed by atoms with Crippen molar-refractivity contribution >= 4 is 11.9 Å². The predicted molar refractivity (Wildman–Crippen MR) is 69.9 cm³/mol. The number of carbonyl (C=O) groups excluding carboxylic acids is 1. The number of benzene rings is 1. The van der Waals surface area contributed by atoms with Crippen molar-refractivity contribution in [2.45, 2.75) is 13.3 Å². The zero-order valence-electron chi connectivity index (χ0n) is 10.3. The second-order valence-corrected chi connectivity index (χ2v) is 4.07. The molecule has 94 valence electrons. The predicted octanol–water partition coefficient (Wildman–Crippen LogP) is 2.11. The van der Waals surface area contributed by atoms with Crippen LogP contribution in [0.25, 0.3) is 6.08 Å². The molecule has 1 aromatic rings. The molecule has 0 saturated carbocycles. The van der Waals surface area contributed by atoms with Crippen LogP contribution in [0.15, 0.2) is 41.7 Å². The molecular weight excluding hydrogens is 228 g/mol. The Morgan fingerprint density at radius 2 is 2.11 bits per heavy atom. The smallest absolute Gasteiger partial charge is 0.188 e. The lowest BCUT2D eigenvalue weighted by Gasteiger charge is -2.10. The van der Waals surface area contributed by atoms with E-state index in [1.165, 1.54) is 0 Å². The highest BCUT2D eigenvalue weighted by atomic mass is 16.5. The highest BCUT2D eigenvalue weighted by molar-refractivity contribution is 5.98. The third-order valence-corrected chi connectivity index (χ3v) is 2.91. The van der Waals surface area contributed by atoms with Gasteiger partial charge in [0.2, 0.25) is 0 Å². The molecule has 0 aliphatic heterocycles. The summed E-state index contributed by atoms with van der Waals surface area (Å²) in [4.78, 5) is 11.8. The normalized spacial score (nSPS) is 14.1. The monoisotopic (exact) mass is 244 g/mol. The quantitative estimate of drug-likeness (QED) is 0.882. The summed E-state index contributed by atoms with van der Waals surface area (Å²) in [6.07, 6.45) is 4.24. The second kappa shape index (κ2) is 5.65. The Bertz CT molecular complexity index is 512. The lowest BCUT2D eigenvalue weighted by Crippen LogP contribution is -2.13. The van der Waals surface area contributed by atoms with Crippen molar-refractivity contribution in [3.8, 4) is 0 Å². The van der Waals surface area contributed by atoms with Gasteiger partial charge >= 0.3 is 0 Å². The lowest BCUT2D eigenvalue weighted by molar-refractivity contribution is -0.118. The Kier molecular flexibility index (Phi) is 3.95. The maximum atomic E-state index is 11.8. The number of ether oxygens (including phenoxy) is 1. The number of fused-ring (bicyclic) bond motifs is 1. The van der Waals surface area contributed by atoms with E-state index in [1.807, 2.05) is 37.3 Å². The van der Waals surface area contributed by atoms with Gasteiger partial charge in [0.1, 0.15) is 12.4 Å². The van der Waals surface area contributed by atoms with Gasteiger partial charge in [-0.05, 0) is 24.1 Å². The molecule has 18 heavy (non-hydrogen) atoms. The number of hydrogen-bond acceptors (Lipinski definition) is 3. The van der Waals surface area contributed by atoms with Crippen molar-refractivity contribution in [3.05, 3.63) is 52.8 Å². The molecule has 3 heteroatoms. The Labute approximate surface area is 106 Å². The van der Waals surface area contributed by atoms with Crippen LogP contribution in [-0.4, -0.2) is 24.1 Å². The molecule has 0 atom stereocenters. The van der Waals surface area contributed by atoms with Crippen LogP contribution in [0.1, 0.15) is 18.1 Å². The van der Waals surface area contributed by atoms with Gasteiger partial charge in [0, 0.05) is 12.0 Å². The number of carbonyl (C=O) groups is 1. The van der Waals surface area contributed by atoms with Gasteiger partial charge in [-0.1, -0.05) is 30.3 Å². The summed E-state index contributed by atoms with van der Waals surface area (Å²) in [6.45, 7) is 1.89. The van der Waals surface area contributed by atoms with Gasteiger partial charge in [-0.15, -0.1) is 0 Å². The number of ketones is 1. The van der Waals surface area contributed by atoms with Crippen LogP contribution < -0.4 is 0 Å². The van der Waals surface area contributed by atoms with Crippen LogP contribution in [0, 0.1) is 0 Å². The van der Waals surface area contributed by atoms with E-state index in [0.29, 0.717) is 24.4 Å². The second-order valence-electron chi connectivity index (χ2n) is 4.07. The van der Waals surface area contributed by atoms with Crippen molar-refractivity contribution in [1.82, 2.24) is 0 Å². The van der Waals surface area contributed by atoms with Gasteiger partial charge in [0.25, 0.3) is 0 Å². The summed E-state index contributed by atoms with van der Waals surface area (Å²) in [7, 11) is 0. The number of Topliss-reactive ketones (excluding diaryl/α,β-unsaturated/α-hetero) is 1. The van der Waals surface area contributed by atoms with Gasteiger partial charge in [0.15, 0.2) is 5.78 Å². The standard InChI is InChI=1S/C15H16O3/c1-2-18-15-8-7-11-5-3-4-6-12(11)9-13(15)14(17)10-16/h3-8,16H,2,9-10H2,1H3. The van der Waals surface area contributed by atoms with Gasteiger partial charge in [-0.3, -0.25) is 4.79 Å². The molecule has 0 bridgehead atoms. The minimum Gasteiger partial charge on any atom is -0.493 e. The molecule has 2 rings (SSSR count). The van der Waals surface area contributed by atoms with Crippen LogP contribution in [0.4, 0.5) is 0 Å². The minimum absolute atomic E-state index is 0.278. The van der Waals surface area contributed by atoms with Crippen LogP contribution in [0.3, 0.4) is 0 Å². The van der Waals surface area contributed by atoms with Crippen molar-refractivity contribution in [2.75, 3.05) is 13.2 Å². The molecule has 1 N–H and O–H groups in total. The van der Waals surface area contributed by atoms with Crippen molar-refractivity contribution in [1.29, 1.82) is 0 Å². The van der Waals surface area contributed by atoms with Gasteiger partial charge in [-0.25, -0.2) is 0 Å². The van der Waals surface area contributed by atoms with E-state index in [2.05, 4.69) is 0 Å². The largest absolute Gasteiger partial charge is 0.493 e. The Morgan fingerprint density at radius 1 is 1.33 bits per heavy atom. The summed E-state index contributed by atoms with van der Waals surface area (Å²) >= 11 is 0. The summed E-state index contributed by atoms with van der Waals surface area (Å²) < 4.78 is 5.49. The molecule has 0 heterocycles. The molecule has 1 aromatic carbocycles. The highest BCUT2D eigenvalue weighted by Crippen LogP contribution is 2.24. The molecule has 1 aliphatic carbocycles. The van der Waals surface area contributed by atoms with Gasteiger partial charge in [0.05, 0.1) is 6.61 Å². The minimum atomic E-state index is -0.484. The molecule has 3 nitrogen and oxygen atoms in total. The molecule has 0 aromatic heterocycles. The zero-order valence-corrected chi connectivity index (χ0v) is 10.3. The summed E-state index contributed by atoms with van der Waals surface area (Å²) in [5, 5.41) is 9.05. The molecule has 0 radical (unpaired) electrons. The van der Waals surface area contributed by atoms with E-state index in [-0.39, 0.29) is 5.78 Å².